The highest BCUT2D eigenvalue weighted by Gasteiger charge is 2.29. The van der Waals surface area contributed by atoms with E-state index in [4.69, 9.17) is 10.5 Å². The van der Waals surface area contributed by atoms with Crippen molar-refractivity contribution in [2.24, 2.45) is 5.73 Å². The summed E-state index contributed by atoms with van der Waals surface area (Å²) in [6.45, 7) is 1.23. The number of rotatable bonds is 2. The Morgan fingerprint density at radius 1 is 1.50 bits per heavy atom. The molecule has 3 rings (SSSR count). The van der Waals surface area contributed by atoms with Gasteiger partial charge in [-0.1, -0.05) is 0 Å². The SMILES string of the molecule is NCC1CCCN1C(=O)c1ccc2c(c1)NC(=O)CO2. The molecule has 0 radical (unpaired) electrons. The van der Waals surface area contributed by atoms with E-state index < -0.39 is 0 Å². The van der Waals surface area contributed by atoms with Gasteiger partial charge in [0.25, 0.3) is 11.8 Å². The van der Waals surface area contributed by atoms with Crippen LogP contribution in [-0.2, 0) is 4.79 Å². The first-order chi connectivity index (χ1) is 9.69. The lowest BCUT2D eigenvalue weighted by Crippen LogP contribution is -2.40. The molecule has 2 aliphatic heterocycles. The average Bonchev–Trinajstić information content (AvgIpc) is 2.94. The van der Waals surface area contributed by atoms with E-state index in [1.54, 1.807) is 18.2 Å². The second-order valence-electron chi connectivity index (χ2n) is 5.08. The molecule has 0 bridgehead atoms. The third-order valence-corrected chi connectivity index (χ3v) is 3.77. The van der Waals surface area contributed by atoms with Crippen LogP contribution in [-0.4, -0.2) is 42.5 Å². The molecular weight excluding hydrogens is 258 g/mol. The van der Waals surface area contributed by atoms with Crippen molar-refractivity contribution in [1.82, 2.24) is 4.90 Å². The van der Waals surface area contributed by atoms with Gasteiger partial charge in [0.1, 0.15) is 5.75 Å². The van der Waals surface area contributed by atoms with E-state index in [0.717, 1.165) is 19.4 Å². The maximum atomic E-state index is 12.5. The zero-order chi connectivity index (χ0) is 14.1. The van der Waals surface area contributed by atoms with Gasteiger partial charge in [0, 0.05) is 24.7 Å². The largest absolute Gasteiger partial charge is 0.482 e. The van der Waals surface area contributed by atoms with Gasteiger partial charge in [-0.2, -0.15) is 0 Å². The molecule has 2 aliphatic rings. The Balaban J connectivity index is 1.85. The molecule has 2 heterocycles. The fraction of sp³-hybridized carbons (Fsp3) is 0.429. The predicted molar refractivity (Wildman–Crippen MR) is 73.7 cm³/mol. The van der Waals surface area contributed by atoms with Gasteiger partial charge in [-0.3, -0.25) is 9.59 Å². The van der Waals surface area contributed by atoms with Crippen molar-refractivity contribution in [2.75, 3.05) is 25.0 Å². The fourth-order valence-electron chi connectivity index (χ4n) is 2.73. The highest BCUT2D eigenvalue weighted by atomic mass is 16.5. The maximum absolute atomic E-state index is 12.5. The number of carbonyl (C=O) groups excluding carboxylic acids is 2. The van der Waals surface area contributed by atoms with Gasteiger partial charge >= 0.3 is 0 Å². The van der Waals surface area contributed by atoms with Crippen molar-refractivity contribution in [3.8, 4) is 5.75 Å². The number of carbonyl (C=O) groups is 2. The van der Waals surface area contributed by atoms with Crippen LogP contribution in [0.5, 0.6) is 5.75 Å². The van der Waals surface area contributed by atoms with Gasteiger partial charge in [0.15, 0.2) is 6.61 Å². The lowest BCUT2D eigenvalue weighted by Gasteiger charge is -2.24. The topological polar surface area (TPSA) is 84.7 Å². The first kappa shape index (κ1) is 12.9. The van der Waals surface area contributed by atoms with Crippen LogP contribution in [0.25, 0.3) is 0 Å². The molecule has 0 saturated carbocycles. The average molecular weight is 275 g/mol. The molecule has 6 heteroatoms. The van der Waals surface area contributed by atoms with E-state index in [1.165, 1.54) is 0 Å². The summed E-state index contributed by atoms with van der Waals surface area (Å²) in [7, 11) is 0. The van der Waals surface area contributed by atoms with E-state index >= 15 is 0 Å². The quantitative estimate of drug-likeness (QED) is 0.827. The molecule has 1 saturated heterocycles. The number of nitrogens with two attached hydrogens (primary N) is 1. The number of hydrogen-bond donors (Lipinski definition) is 2. The third-order valence-electron chi connectivity index (χ3n) is 3.77. The van der Waals surface area contributed by atoms with Crippen LogP contribution in [0.2, 0.25) is 0 Å². The minimum Gasteiger partial charge on any atom is -0.482 e. The van der Waals surface area contributed by atoms with Gasteiger partial charge in [0.2, 0.25) is 0 Å². The number of hydrogen-bond acceptors (Lipinski definition) is 4. The number of fused-ring (bicyclic) bond motifs is 1. The monoisotopic (exact) mass is 275 g/mol. The van der Waals surface area contributed by atoms with E-state index in [0.29, 0.717) is 23.5 Å². The van der Waals surface area contributed by atoms with Crippen molar-refractivity contribution in [2.45, 2.75) is 18.9 Å². The highest BCUT2D eigenvalue weighted by Crippen LogP contribution is 2.29. The van der Waals surface area contributed by atoms with Crippen LogP contribution in [0.1, 0.15) is 23.2 Å². The summed E-state index contributed by atoms with van der Waals surface area (Å²) in [5.41, 5.74) is 6.80. The number of nitrogens with one attached hydrogen (secondary N) is 1. The van der Waals surface area contributed by atoms with Crippen LogP contribution < -0.4 is 15.8 Å². The van der Waals surface area contributed by atoms with Gasteiger partial charge in [0.05, 0.1) is 5.69 Å². The molecule has 106 valence electrons. The van der Waals surface area contributed by atoms with Crippen molar-refractivity contribution in [3.63, 3.8) is 0 Å². The van der Waals surface area contributed by atoms with E-state index in [2.05, 4.69) is 5.32 Å². The Labute approximate surface area is 116 Å². The normalized spacial score (nSPS) is 21.1. The maximum Gasteiger partial charge on any atom is 0.262 e. The Morgan fingerprint density at radius 2 is 2.35 bits per heavy atom. The molecule has 0 spiro atoms. The summed E-state index contributed by atoms with van der Waals surface area (Å²) in [6.07, 6.45) is 1.94. The number of amides is 2. The van der Waals surface area contributed by atoms with Crippen molar-refractivity contribution < 1.29 is 14.3 Å². The Bertz CT molecular complexity index is 559. The minimum atomic E-state index is -0.205. The van der Waals surface area contributed by atoms with Crippen molar-refractivity contribution in [3.05, 3.63) is 23.8 Å². The summed E-state index contributed by atoms with van der Waals surface area (Å²) in [6, 6.07) is 5.23. The predicted octanol–water partition coefficient (Wildman–Crippen LogP) is 0.581. The van der Waals surface area contributed by atoms with Crippen LogP contribution in [0.15, 0.2) is 18.2 Å². The van der Waals surface area contributed by atoms with Crippen molar-refractivity contribution in [1.29, 1.82) is 0 Å². The van der Waals surface area contributed by atoms with Crippen LogP contribution >= 0.6 is 0 Å². The number of anilines is 1. The Hall–Kier alpha value is -2.08. The molecule has 1 fully saturated rings. The summed E-state index contributed by atoms with van der Waals surface area (Å²) < 4.78 is 5.28. The summed E-state index contributed by atoms with van der Waals surface area (Å²) in [5.74, 6) is 0.349. The summed E-state index contributed by atoms with van der Waals surface area (Å²) in [5, 5.41) is 2.71. The van der Waals surface area contributed by atoms with Crippen LogP contribution in [0, 0.1) is 0 Å². The molecular formula is C14H17N3O3. The zero-order valence-corrected chi connectivity index (χ0v) is 11.1. The van der Waals surface area contributed by atoms with E-state index in [9.17, 15) is 9.59 Å². The molecule has 0 aromatic heterocycles. The molecule has 1 atom stereocenters. The van der Waals surface area contributed by atoms with E-state index in [1.807, 2.05) is 4.90 Å². The molecule has 0 aliphatic carbocycles. The highest BCUT2D eigenvalue weighted by molar-refractivity contribution is 6.00. The van der Waals surface area contributed by atoms with Gasteiger partial charge in [-0.05, 0) is 31.0 Å². The van der Waals surface area contributed by atoms with Gasteiger partial charge in [-0.25, -0.2) is 0 Å². The summed E-state index contributed by atoms with van der Waals surface area (Å²) >= 11 is 0. The van der Waals surface area contributed by atoms with E-state index in [-0.39, 0.29) is 24.5 Å². The smallest absolute Gasteiger partial charge is 0.262 e. The minimum absolute atomic E-state index is 0.0155. The summed E-state index contributed by atoms with van der Waals surface area (Å²) in [4.78, 5) is 25.6. The molecule has 1 unspecified atom stereocenters. The lowest BCUT2D eigenvalue weighted by molar-refractivity contribution is -0.118. The third kappa shape index (κ3) is 2.22. The lowest BCUT2D eigenvalue weighted by atomic mass is 10.1. The standard InChI is InChI=1S/C14H17N3O3/c15-7-10-2-1-5-17(10)14(19)9-3-4-12-11(6-9)16-13(18)8-20-12/h3-4,6,10H,1-2,5,7-8,15H2,(H,16,18). The van der Waals surface area contributed by atoms with Gasteiger partial charge < -0.3 is 20.7 Å². The molecule has 3 N–H and O–H groups in total. The molecule has 6 nitrogen and oxygen atoms in total. The van der Waals surface area contributed by atoms with Crippen molar-refractivity contribution >= 4 is 17.5 Å². The number of likely N-dealkylation sites (tertiary alicyclic amines) is 1. The second kappa shape index (κ2) is 5.13. The number of benzene rings is 1. The second-order valence-corrected chi connectivity index (χ2v) is 5.08. The molecule has 1 aromatic carbocycles. The fourth-order valence-corrected chi connectivity index (χ4v) is 2.73. The molecule has 2 amide bonds. The zero-order valence-electron chi connectivity index (χ0n) is 11.1. The number of nitrogens with zero attached hydrogens (tertiary/aromatic N) is 1. The Kier molecular flexibility index (Phi) is 3.31. The van der Waals surface area contributed by atoms with Crippen LogP contribution in [0.4, 0.5) is 5.69 Å². The number of ether oxygens (including phenoxy) is 1. The molecule has 20 heavy (non-hydrogen) atoms. The van der Waals surface area contributed by atoms with Gasteiger partial charge in [-0.15, -0.1) is 0 Å². The Morgan fingerprint density at radius 3 is 3.15 bits per heavy atom. The first-order valence-electron chi connectivity index (χ1n) is 6.77. The molecule has 1 aromatic rings. The first-order valence-corrected chi connectivity index (χ1v) is 6.77. The van der Waals surface area contributed by atoms with Crippen LogP contribution in [0.3, 0.4) is 0 Å².